The number of likely N-dealkylation sites (N-methyl/N-ethyl adjacent to an activating group) is 1. The van der Waals surface area contributed by atoms with E-state index in [4.69, 9.17) is 10.8 Å². The lowest BCUT2D eigenvalue weighted by Gasteiger charge is -2.24. The van der Waals surface area contributed by atoms with Crippen molar-refractivity contribution < 1.29 is 19.5 Å². The molecule has 0 bridgehead atoms. The Hall–Kier alpha value is -3.41. The molecule has 0 spiro atoms. The van der Waals surface area contributed by atoms with Crippen molar-refractivity contribution in [2.45, 2.75) is 71.9 Å². The van der Waals surface area contributed by atoms with Gasteiger partial charge in [0.1, 0.15) is 6.04 Å². The van der Waals surface area contributed by atoms with Crippen molar-refractivity contribution in [2.75, 3.05) is 32.0 Å². The minimum Gasteiger partial charge on any atom is -0.481 e. The maximum Gasteiger partial charge on any atom is 0.305 e. The molecular formula is C24H39N7O5. The molecule has 1 amide bonds. The monoisotopic (exact) mass is 505 g/mol. The molecule has 2 atom stereocenters. The molecule has 36 heavy (non-hydrogen) atoms. The first kappa shape index (κ1) is 30.6. The summed E-state index contributed by atoms with van der Waals surface area (Å²) in [5.41, 5.74) is -0.0228. The minimum atomic E-state index is -1.23. The number of nitrogens with zero attached hydrogens (tertiary/aromatic N) is 3. The van der Waals surface area contributed by atoms with E-state index in [0.29, 0.717) is 18.7 Å². The fourth-order valence-corrected chi connectivity index (χ4v) is 3.46. The van der Waals surface area contributed by atoms with Crippen LogP contribution in [0.25, 0.3) is 0 Å². The smallest absolute Gasteiger partial charge is 0.305 e. The van der Waals surface area contributed by atoms with E-state index in [2.05, 4.69) is 15.6 Å². The van der Waals surface area contributed by atoms with Crippen LogP contribution < -0.4 is 16.2 Å². The lowest BCUT2D eigenvalue weighted by molar-refractivity contribution is -0.140. The molecule has 0 radical (unpaired) electrons. The van der Waals surface area contributed by atoms with E-state index >= 15 is 0 Å². The van der Waals surface area contributed by atoms with Crippen LogP contribution in [0.2, 0.25) is 0 Å². The number of hydrogen-bond donors (Lipinski definition) is 5. The third-order valence-electron chi connectivity index (χ3n) is 5.66. The number of anilines is 1. The Morgan fingerprint density at radius 1 is 1.22 bits per heavy atom. The van der Waals surface area contributed by atoms with Gasteiger partial charge in [-0.15, -0.1) is 0 Å². The van der Waals surface area contributed by atoms with Crippen molar-refractivity contribution in [2.24, 2.45) is 0 Å². The third kappa shape index (κ3) is 9.33. The molecule has 0 aliphatic heterocycles. The van der Waals surface area contributed by atoms with E-state index in [1.807, 2.05) is 13.8 Å². The Labute approximate surface area is 211 Å². The van der Waals surface area contributed by atoms with Crippen molar-refractivity contribution in [3.8, 4) is 0 Å². The standard InChI is InChI=1S/C24H39N7O5/c1-6-9-10-30(5)14-20(32)18(11-21(33)34)29-23(35)19(8-3)31-13-16(7-2)28-22(24(31)36)27-12-17(26)15(4)25/h13,18-19,25-26H,6-12,14H2,1-5H3,(H,27,28)(H,29,35)(H,33,34). The molecule has 1 rings (SSSR count). The Kier molecular flexibility index (Phi) is 12.6. The van der Waals surface area contributed by atoms with Gasteiger partial charge in [-0.1, -0.05) is 27.2 Å². The summed E-state index contributed by atoms with van der Waals surface area (Å²) in [5, 5.41) is 29.9. The van der Waals surface area contributed by atoms with Crippen molar-refractivity contribution in [3.05, 3.63) is 22.2 Å². The highest BCUT2D eigenvalue weighted by atomic mass is 16.4. The summed E-state index contributed by atoms with van der Waals surface area (Å²) in [5.74, 6) is -2.33. The van der Waals surface area contributed by atoms with Crippen LogP contribution in [0.5, 0.6) is 0 Å². The van der Waals surface area contributed by atoms with Crippen LogP contribution in [0.4, 0.5) is 5.82 Å². The van der Waals surface area contributed by atoms with Crippen LogP contribution in [-0.2, 0) is 20.8 Å². The third-order valence-corrected chi connectivity index (χ3v) is 5.66. The van der Waals surface area contributed by atoms with E-state index in [-0.39, 0.29) is 36.8 Å². The zero-order chi connectivity index (χ0) is 27.4. The molecule has 1 aromatic rings. The largest absolute Gasteiger partial charge is 0.481 e. The van der Waals surface area contributed by atoms with Crippen molar-refractivity contribution in [1.29, 1.82) is 10.8 Å². The highest BCUT2D eigenvalue weighted by Crippen LogP contribution is 2.13. The second kappa shape index (κ2) is 14.9. The lowest BCUT2D eigenvalue weighted by Crippen LogP contribution is -2.49. The van der Waals surface area contributed by atoms with Crippen molar-refractivity contribution in [1.82, 2.24) is 19.8 Å². The van der Waals surface area contributed by atoms with E-state index in [1.54, 1.807) is 18.9 Å². The van der Waals surface area contributed by atoms with Crippen LogP contribution in [0, 0.1) is 10.8 Å². The molecule has 0 aliphatic rings. The molecule has 1 heterocycles. The number of carboxylic acid groups (broad SMARTS) is 1. The average molecular weight is 506 g/mol. The van der Waals surface area contributed by atoms with Crippen LogP contribution >= 0.6 is 0 Å². The van der Waals surface area contributed by atoms with Crippen LogP contribution in [0.3, 0.4) is 0 Å². The Bertz CT molecular complexity index is 1020. The van der Waals surface area contributed by atoms with Gasteiger partial charge in [-0.25, -0.2) is 4.98 Å². The number of nitrogens with one attached hydrogen (secondary N) is 4. The van der Waals surface area contributed by atoms with Crippen LogP contribution in [0.1, 0.15) is 65.1 Å². The highest BCUT2D eigenvalue weighted by molar-refractivity contribution is 6.40. The molecule has 0 saturated carbocycles. The van der Waals surface area contributed by atoms with Gasteiger partial charge >= 0.3 is 5.97 Å². The number of ketones is 1. The molecule has 0 fully saturated rings. The number of rotatable bonds is 17. The number of hydrogen-bond acceptors (Lipinski definition) is 9. The number of unbranched alkanes of at least 4 members (excludes halogenated alkanes) is 1. The number of carbonyl (C=O) groups is 3. The van der Waals surface area contributed by atoms with Gasteiger partial charge in [0, 0.05) is 6.20 Å². The van der Waals surface area contributed by atoms with E-state index in [1.165, 1.54) is 17.7 Å². The summed E-state index contributed by atoms with van der Waals surface area (Å²) < 4.78 is 1.22. The van der Waals surface area contributed by atoms with E-state index in [0.717, 1.165) is 12.8 Å². The van der Waals surface area contributed by atoms with E-state index in [9.17, 15) is 24.3 Å². The molecule has 12 heteroatoms. The first-order valence-electron chi connectivity index (χ1n) is 12.2. The minimum absolute atomic E-state index is 0.00331. The number of aromatic nitrogens is 2. The molecule has 1 aromatic heterocycles. The average Bonchev–Trinajstić information content (AvgIpc) is 2.82. The molecule has 12 nitrogen and oxygen atoms in total. The predicted octanol–water partition coefficient (Wildman–Crippen LogP) is 1.49. The molecular weight excluding hydrogens is 466 g/mol. The van der Waals surface area contributed by atoms with Gasteiger partial charge in [-0.2, -0.15) is 0 Å². The fraction of sp³-hybridized carbons (Fsp3) is 0.625. The Morgan fingerprint density at radius 2 is 1.89 bits per heavy atom. The maximum absolute atomic E-state index is 13.2. The van der Waals surface area contributed by atoms with Gasteiger partial charge in [0.15, 0.2) is 11.6 Å². The predicted molar refractivity (Wildman–Crippen MR) is 138 cm³/mol. The van der Waals surface area contributed by atoms with Gasteiger partial charge in [0.05, 0.1) is 42.7 Å². The summed E-state index contributed by atoms with van der Waals surface area (Å²) in [6.45, 7) is 7.62. The second-order valence-corrected chi connectivity index (χ2v) is 8.74. The molecule has 200 valence electrons. The number of aryl methyl sites for hydroxylation is 1. The summed E-state index contributed by atoms with van der Waals surface area (Å²) in [7, 11) is 1.76. The first-order chi connectivity index (χ1) is 16.9. The second-order valence-electron chi connectivity index (χ2n) is 8.74. The number of Topliss-reactive ketones (excluding diaryl/α,β-unsaturated/α-hetero) is 1. The number of aliphatic carboxylic acids is 1. The summed E-state index contributed by atoms with van der Waals surface area (Å²) >= 11 is 0. The molecule has 0 saturated heterocycles. The SMILES string of the molecule is CCCCN(C)CC(=O)C(CC(=O)O)NC(=O)C(CC)n1cc(CC)nc(NCC(=N)C(C)=N)c1=O. The summed E-state index contributed by atoms with van der Waals surface area (Å²) in [6.07, 6.45) is 3.42. The number of amides is 1. The number of carbonyl (C=O) groups excluding carboxylic acids is 2. The Morgan fingerprint density at radius 3 is 2.42 bits per heavy atom. The zero-order valence-corrected chi connectivity index (χ0v) is 21.8. The fourth-order valence-electron chi connectivity index (χ4n) is 3.46. The first-order valence-corrected chi connectivity index (χ1v) is 12.2. The molecule has 0 aliphatic carbocycles. The van der Waals surface area contributed by atoms with Crippen molar-refractivity contribution >= 4 is 34.9 Å². The Balaban J connectivity index is 3.21. The lowest BCUT2D eigenvalue weighted by atomic mass is 10.1. The topological polar surface area (TPSA) is 181 Å². The van der Waals surface area contributed by atoms with Gasteiger partial charge < -0.3 is 26.6 Å². The van der Waals surface area contributed by atoms with Gasteiger partial charge in [0.2, 0.25) is 5.91 Å². The molecule has 5 N–H and O–H groups in total. The van der Waals surface area contributed by atoms with E-state index < -0.39 is 41.7 Å². The molecule has 0 aromatic carbocycles. The van der Waals surface area contributed by atoms with Gasteiger partial charge in [-0.05, 0) is 39.8 Å². The summed E-state index contributed by atoms with van der Waals surface area (Å²) in [4.78, 5) is 56.6. The van der Waals surface area contributed by atoms with Crippen molar-refractivity contribution in [3.63, 3.8) is 0 Å². The normalized spacial score (nSPS) is 12.6. The number of carboxylic acids is 1. The zero-order valence-electron chi connectivity index (χ0n) is 21.8. The molecule has 2 unspecified atom stereocenters. The van der Waals surface area contributed by atoms with Crippen LogP contribution in [-0.4, -0.2) is 81.4 Å². The van der Waals surface area contributed by atoms with Gasteiger partial charge in [-0.3, -0.25) is 28.6 Å². The maximum atomic E-state index is 13.2. The quantitative estimate of drug-likeness (QED) is 0.197. The van der Waals surface area contributed by atoms with Gasteiger partial charge in [0.25, 0.3) is 5.56 Å². The summed E-state index contributed by atoms with van der Waals surface area (Å²) in [6, 6.07) is -2.23. The van der Waals surface area contributed by atoms with Crippen LogP contribution in [0.15, 0.2) is 11.0 Å². The highest BCUT2D eigenvalue weighted by Gasteiger charge is 2.29.